The first-order valence-corrected chi connectivity index (χ1v) is 9.76. The number of aromatic nitrogens is 4. The molecule has 1 fully saturated rings. The van der Waals surface area contributed by atoms with Crippen LogP contribution in [0, 0.1) is 0 Å². The zero-order valence-electron chi connectivity index (χ0n) is 16.2. The largest absolute Gasteiger partial charge is 0.433 e. The Morgan fingerprint density at radius 3 is 2.66 bits per heavy atom. The van der Waals surface area contributed by atoms with Crippen LogP contribution in [0.1, 0.15) is 31.0 Å². The number of fused-ring (bicyclic) bond motifs is 1. The minimum Gasteiger partial charge on any atom is -0.354 e. The summed E-state index contributed by atoms with van der Waals surface area (Å²) in [6, 6.07) is 11.6. The molecule has 1 aromatic carbocycles. The van der Waals surface area contributed by atoms with E-state index in [9.17, 15) is 13.2 Å². The highest BCUT2D eigenvalue weighted by atomic mass is 19.4. The van der Waals surface area contributed by atoms with Gasteiger partial charge in [-0.1, -0.05) is 43.7 Å². The van der Waals surface area contributed by atoms with Crippen molar-refractivity contribution < 1.29 is 13.2 Å². The Balaban J connectivity index is 1.61. The molecule has 3 heterocycles. The molecule has 1 aliphatic heterocycles. The van der Waals surface area contributed by atoms with Crippen LogP contribution < -0.4 is 4.90 Å². The van der Waals surface area contributed by atoms with Gasteiger partial charge in [0.2, 0.25) is 0 Å². The smallest absolute Gasteiger partial charge is 0.354 e. The highest BCUT2D eigenvalue weighted by Crippen LogP contribution is 2.31. The maximum Gasteiger partial charge on any atom is 0.433 e. The van der Waals surface area contributed by atoms with Gasteiger partial charge in [0.05, 0.1) is 0 Å². The van der Waals surface area contributed by atoms with Crippen LogP contribution in [0.15, 0.2) is 42.7 Å². The van der Waals surface area contributed by atoms with Crippen molar-refractivity contribution in [2.24, 2.45) is 0 Å². The summed E-state index contributed by atoms with van der Waals surface area (Å²) in [6.07, 6.45) is -1.31. The van der Waals surface area contributed by atoms with Crippen molar-refractivity contribution in [2.45, 2.75) is 38.5 Å². The number of hydrogen-bond acceptors (Lipinski definition) is 5. The van der Waals surface area contributed by atoms with Gasteiger partial charge >= 0.3 is 6.18 Å². The van der Waals surface area contributed by atoms with Crippen LogP contribution in [0.2, 0.25) is 0 Å². The molecule has 0 radical (unpaired) electrons. The van der Waals surface area contributed by atoms with Gasteiger partial charge in [-0.15, -0.1) is 0 Å². The average molecular weight is 404 g/mol. The standard InChI is InChI=1S/C20H23F3N6/c1-2-6-16-13-28(10-9-27(16)12-15-7-4-3-5-8-15)18-11-17(20(21,22)23)26-19-24-14-25-29(18)19/h3-5,7-8,11,14,16H,2,6,9-10,12-13H2,1H3. The molecule has 0 bridgehead atoms. The molecule has 0 saturated carbocycles. The quantitative estimate of drug-likeness (QED) is 0.650. The third-order valence-corrected chi connectivity index (χ3v) is 5.30. The number of alkyl halides is 3. The van der Waals surface area contributed by atoms with Crippen LogP contribution in [0.4, 0.5) is 19.0 Å². The molecule has 0 amide bonds. The number of hydrogen-bond donors (Lipinski definition) is 0. The number of anilines is 1. The summed E-state index contributed by atoms with van der Waals surface area (Å²) < 4.78 is 41.4. The van der Waals surface area contributed by atoms with Gasteiger partial charge < -0.3 is 4.90 Å². The molecule has 1 unspecified atom stereocenters. The summed E-state index contributed by atoms with van der Waals surface area (Å²) in [5.74, 6) is 0.355. The summed E-state index contributed by atoms with van der Waals surface area (Å²) in [5.41, 5.74) is 0.302. The predicted octanol–water partition coefficient (Wildman–Crippen LogP) is 3.63. The number of nitrogens with zero attached hydrogens (tertiary/aromatic N) is 6. The lowest BCUT2D eigenvalue weighted by Gasteiger charge is -2.42. The van der Waals surface area contributed by atoms with E-state index in [1.807, 2.05) is 23.1 Å². The van der Waals surface area contributed by atoms with Gasteiger partial charge in [-0.05, 0) is 12.0 Å². The van der Waals surface area contributed by atoms with Crippen molar-refractivity contribution in [3.05, 3.63) is 54.0 Å². The first-order valence-electron chi connectivity index (χ1n) is 9.76. The molecule has 9 heteroatoms. The molecule has 4 rings (SSSR count). The van der Waals surface area contributed by atoms with Crippen molar-refractivity contribution in [1.82, 2.24) is 24.5 Å². The van der Waals surface area contributed by atoms with E-state index in [1.54, 1.807) is 0 Å². The highest BCUT2D eigenvalue weighted by Gasteiger charge is 2.35. The van der Waals surface area contributed by atoms with Crippen LogP contribution in [0.5, 0.6) is 0 Å². The minimum absolute atomic E-state index is 0.0337. The summed E-state index contributed by atoms with van der Waals surface area (Å²) >= 11 is 0. The lowest BCUT2D eigenvalue weighted by atomic mass is 10.0. The molecule has 29 heavy (non-hydrogen) atoms. The molecule has 0 N–H and O–H groups in total. The molecular weight excluding hydrogens is 381 g/mol. The summed E-state index contributed by atoms with van der Waals surface area (Å²) in [6.45, 7) is 4.98. The molecule has 2 aromatic heterocycles. The van der Waals surface area contributed by atoms with Crippen molar-refractivity contribution in [3.8, 4) is 0 Å². The monoisotopic (exact) mass is 404 g/mol. The number of piperazine rings is 1. The minimum atomic E-state index is -4.53. The number of halogens is 3. The molecule has 1 atom stereocenters. The Morgan fingerprint density at radius 2 is 1.93 bits per heavy atom. The predicted molar refractivity (Wildman–Crippen MR) is 104 cm³/mol. The summed E-state index contributed by atoms with van der Waals surface area (Å²) in [4.78, 5) is 11.9. The normalized spacial score (nSPS) is 18.5. The highest BCUT2D eigenvalue weighted by molar-refractivity contribution is 5.48. The zero-order chi connectivity index (χ0) is 20.4. The third-order valence-electron chi connectivity index (χ3n) is 5.30. The van der Waals surface area contributed by atoms with Crippen molar-refractivity contribution >= 4 is 11.6 Å². The topological polar surface area (TPSA) is 49.6 Å². The lowest BCUT2D eigenvalue weighted by Crippen LogP contribution is -2.53. The first-order chi connectivity index (χ1) is 14.0. The lowest BCUT2D eigenvalue weighted by molar-refractivity contribution is -0.141. The van der Waals surface area contributed by atoms with Crippen LogP contribution >= 0.6 is 0 Å². The third kappa shape index (κ3) is 4.19. The Morgan fingerprint density at radius 1 is 1.14 bits per heavy atom. The Labute approximate surface area is 167 Å². The summed E-state index contributed by atoms with van der Waals surface area (Å²) in [5, 5.41) is 4.10. The second kappa shape index (κ2) is 7.98. The maximum atomic E-state index is 13.3. The van der Waals surface area contributed by atoms with Crippen LogP contribution in [-0.2, 0) is 12.7 Å². The molecule has 0 spiro atoms. The molecule has 1 saturated heterocycles. The second-order valence-electron chi connectivity index (χ2n) is 7.31. The summed E-state index contributed by atoms with van der Waals surface area (Å²) in [7, 11) is 0. The van der Waals surface area contributed by atoms with Crippen LogP contribution in [0.25, 0.3) is 5.78 Å². The van der Waals surface area contributed by atoms with E-state index in [1.165, 1.54) is 16.4 Å². The van der Waals surface area contributed by atoms with Gasteiger partial charge in [-0.3, -0.25) is 4.90 Å². The van der Waals surface area contributed by atoms with Crippen molar-refractivity contribution in [2.75, 3.05) is 24.5 Å². The van der Waals surface area contributed by atoms with Gasteiger partial charge in [0.1, 0.15) is 12.1 Å². The van der Waals surface area contributed by atoms with E-state index in [2.05, 4.69) is 39.0 Å². The van der Waals surface area contributed by atoms with Crippen LogP contribution in [0.3, 0.4) is 0 Å². The molecule has 154 valence electrons. The maximum absolute atomic E-state index is 13.3. The molecule has 0 aliphatic carbocycles. The molecular formula is C20H23F3N6. The van der Waals surface area contributed by atoms with Gasteiger partial charge in [0.15, 0.2) is 5.69 Å². The Kier molecular flexibility index (Phi) is 5.40. The van der Waals surface area contributed by atoms with Crippen molar-refractivity contribution in [1.29, 1.82) is 0 Å². The second-order valence-corrected chi connectivity index (χ2v) is 7.31. The van der Waals surface area contributed by atoms with Crippen molar-refractivity contribution in [3.63, 3.8) is 0 Å². The fourth-order valence-electron chi connectivity index (χ4n) is 3.90. The first kappa shape index (κ1) is 19.6. The average Bonchev–Trinajstić information content (AvgIpc) is 3.18. The number of benzene rings is 1. The van der Waals surface area contributed by atoms with E-state index in [0.29, 0.717) is 18.9 Å². The van der Waals surface area contributed by atoms with Crippen LogP contribution in [-0.4, -0.2) is 50.2 Å². The Hall–Kier alpha value is -2.68. The number of rotatable bonds is 5. The van der Waals surface area contributed by atoms with Gasteiger partial charge in [-0.25, -0.2) is 4.98 Å². The van der Waals surface area contributed by atoms with Gasteiger partial charge in [0.25, 0.3) is 5.78 Å². The zero-order valence-corrected chi connectivity index (χ0v) is 16.2. The van der Waals surface area contributed by atoms with E-state index >= 15 is 0 Å². The fraction of sp³-hybridized carbons (Fsp3) is 0.450. The van der Waals surface area contributed by atoms with E-state index in [-0.39, 0.29) is 11.8 Å². The molecule has 3 aromatic rings. The van der Waals surface area contributed by atoms with Gasteiger partial charge in [-0.2, -0.15) is 27.8 Å². The van der Waals surface area contributed by atoms with E-state index < -0.39 is 11.9 Å². The molecule has 6 nitrogen and oxygen atoms in total. The fourth-order valence-corrected chi connectivity index (χ4v) is 3.90. The van der Waals surface area contributed by atoms with E-state index in [4.69, 9.17) is 0 Å². The molecule has 1 aliphatic rings. The van der Waals surface area contributed by atoms with E-state index in [0.717, 1.165) is 32.0 Å². The van der Waals surface area contributed by atoms with Gasteiger partial charge in [0, 0.05) is 38.3 Å². The SMILES string of the molecule is CCCC1CN(c2cc(C(F)(F)F)nc3ncnn23)CCN1Cc1ccccc1. The Bertz CT molecular complexity index is 956.